The largest absolute Gasteiger partial charge is 0.469 e. The molecule has 0 saturated carbocycles. The number of carbonyl (C=O) groups excluding carboxylic acids is 1. The lowest BCUT2D eigenvalue weighted by Gasteiger charge is -2.16. The third kappa shape index (κ3) is 8.46. The number of hydrogen-bond donors (Lipinski definition) is 0. The Hall–Kier alpha value is -0.260. The van der Waals surface area contributed by atoms with Gasteiger partial charge in [0.25, 0.3) is 0 Å². The lowest BCUT2D eigenvalue weighted by molar-refractivity contribution is -0.143. The van der Waals surface area contributed by atoms with Gasteiger partial charge in [-0.05, 0) is 19.6 Å². The Labute approximate surface area is 108 Å². The molecule has 5 heteroatoms. The van der Waals surface area contributed by atoms with Crippen LogP contribution in [0.5, 0.6) is 0 Å². The summed E-state index contributed by atoms with van der Waals surface area (Å²) in [5.74, 6) is 1.50. The molecule has 0 radical (unpaired) electrons. The summed E-state index contributed by atoms with van der Waals surface area (Å²) in [5.41, 5.74) is 0. The van der Waals surface area contributed by atoms with Crippen LogP contribution >= 0.6 is 11.8 Å². The van der Waals surface area contributed by atoms with Crippen LogP contribution in [0.2, 0.25) is 0 Å². The second-order valence-corrected chi connectivity index (χ2v) is 4.78. The zero-order chi connectivity index (χ0) is 13.1. The van der Waals surface area contributed by atoms with Gasteiger partial charge in [-0.2, -0.15) is 11.8 Å². The predicted molar refractivity (Wildman–Crippen MR) is 70.2 cm³/mol. The van der Waals surface area contributed by atoms with E-state index in [1.165, 1.54) is 7.11 Å². The van der Waals surface area contributed by atoms with Gasteiger partial charge in [0.1, 0.15) is 0 Å². The zero-order valence-corrected chi connectivity index (χ0v) is 12.0. The highest BCUT2D eigenvalue weighted by molar-refractivity contribution is 7.99. The number of hydrogen-bond acceptors (Lipinski definition) is 5. The SMILES string of the molecule is CCOC(CCSCC(C)C(=O)OC)OCC. The molecule has 0 saturated heterocycles. The Morgan fingerprint density at radius 1 is 1.24 bits per heavy atom. The standard InChI is InChI=1S/C12H24O4S/c1-5-15-11(16-6-2)7-8-17-9-10(3)12(13)14-4/h10-11H,5-9H2,1-4H3. The maximum atomic E-state index is 11.2. The number of rotatable bonds is 10. The molecule has 0 heterocycles. The molecule has 0 amide bonds. The van der Waals surface area contributed by atoms with Gasteiger partial charge in [0.15, 0.2) is 6.29 Å². The summed E-state index contributed by atoms with van der Waals surface area (Å²) >= 11 is 1.72. The molecule has 4 nitrogen and oxygen atoms in total. The van der Waals surface area contributed by atoms with E-state index in [0.717, 1.165) is 17.9 Å². The minimum atomic E-state index is -0.149. The van der Waals surface area contributed by atoms with Crippen LogP contribution in [0.3, 0.4) is 0 Å². The van der Waals surface area contributed by atoms with Gasteiger partial charge in [-0.15, -0.1) is 0 Å². The van der Waals surface area contributed by atoms with E-state index < -0.39 is 0 Å². The Morgan fingerprint density at radius 3 is 2.29 bits per heavy atom. The molecule has 0 aliphatic heterocycles. The monoisotopic (exact) mass is 264 g/mol. The summed E-state index contributed by atoms with van der Waals surface area (Å²) in [6, 6.07) is 0. The summed E-state index contributed by atoms with van der Waals surface area (Å²) < 4.78 is 15.5. The Morgan fingerprint density at radius 2 is 1.82 bits per heavy atom. The van der Waals surface area contributed by atoms with Crippen molar-refractivity contribution in [2.45, 2.75) is 33.5 Å². The smallest absolute Gasteiger partial charge is 0.309 e. The minimum Gasteiger partial charge on any atom is -0.469 e. The summed E-state index contributed by atoms with van der Waals surface area (Å²) in [6.07, 6.45) is 0.728. The van der Waals surface area contributed by atoms with Gasteiger partial charge in [-0.3, -0.25) is 4.79 Å². The zero-order valence-electron chi connectivity index (χ0n) is 11.2. The fraction of sp³-hybridized carbons (Fsp3) is 0.917. The van der Waals surface area contributed by atoms with Crippen LogP contribution < -0.4 is 0 Å². The van der Waals surface area contributed by atoms with Crippen LogP contribution in [0, 0.1) is 5.92 Å². The van der Waals surface area contributed by atoms with E-state index in [1.807, 2.05) is 20.8 Å². The van der Waals surface area contributed by atoms with Crippen molar-refractivity contribution >= 4 is 17.7 Å². The van der Waals surface area contributed by atoms with Crippen LogP contribution in [0.1, 0.15) is 27.2 Å². The maximum absolute atomic E-state index is 11.2. The van der Waals surface area contributed by atoms with Gasteiger partial charge in [-0.25, -0.2) is 0 Å². The van der Waals surface area contributed by atoms with Crippen LogP contribution in [-0.4, -0.2) is 44.1 Å². The summed E-state index contributed by atoms with van der Waals surface area (Å²) in [6.45, 7) is 7.11. The average Bonchev–Trinajstić information content (AvgIpc) is 2.33. The van der Waals surface area contributed by atoms with Crippen molar-refractivity contribution in [3.05, 3.63) is 0 Å². The first-order valence-corrected chi connectivity index (χ1v) is 7.19. The molecule has 0 spiro atoms. The highest BCUT2D eigenvalue weighted by Crippen LogP contribution is 2.13. The van der Waals surface area contributed by atoms with Crippen molar-refractivity contribution in [2.75, 3.05) is 31.8 Å². The van der Waals surface area contributed by atoms with Crippen molar-refractivity contribution in [1.82, 2.24) is 0 Å². The number of methoxy groups -OCH3 is 1. The van der Waals surface area contributed by atoms with Crippen molar-refractivity contribution in [3.63, 3.8) is 0 Å². The number of esters is 1. The first kappa shape index (κ1) is 16.7. The van der Waals surface area contributed by atoms with E-state index in [1.54, 1.807) is 11.8 Å². The molecule has 1 atom stereocenters. The molecule has 0 fully saturated rings. The molecule has 0 aliphatic rings. The number of carbonyl (C=O) groups is 1. The van der Waals surface area contributed by atoms with Gasteiger partial charge in [0, 0.05) is 25.4 Å². The lowest BCUT2D eigenvalue weighted by atomic mass is 10.2. The lowest BCUT2D eigenvalue weighted by Crippen LogP contribution is -2.19. The summed E-state index contributed by atoms with van der Waals surface area (Å²) in [5, 5.41) is 0. The molecule has 0 aliphatic carbocycles. The Balaban J connectivity index is 3.63. The first-order valence-electron chi connectivity index (χ1n) is 6.04. The van der Waals surface area contributed by atoms with Crippen LogP contribution in [0.4, 0.5) is 0 Å². The van der Waals surface area contributed by atoms with E-state index in [2.05, 4.69) is 4.74 Å². The minimum absolute atomic E-state index is 0.0531. The van der Waals surface area contributed by atoms with Gasteiger partial charge >= 0.3 is 5.97 Å². The van der Waals surface area contributed by atoms with Gasteiger partial charge in [0.05, 0.1) is 13.0 Å². The van der Waals surface area contributed by atoms with Crippen LogP contribution in [-0.2, 0) is 19.0 Å². The molecule has 0 aromatic heterocycles. The summed E-state index contributed by atoms with van der Waals surface area (Å²) in [4.78, 5) is 11.2. The van der Waals surface area contributed by atoms with E-state index in [9.17, 15) is 4.79 Å². The van der Waals surface area contributed by atoms with E-state index in [-0.39, 0.29) is 18.2 Å². The molecule has 0 rings (SSSR count). The van der Waals surface area contributed by atoms with Crippen molar-refractivity contribution < 1.29 is 19.0 Å². The van der Waals surface area contributed by atoms with Crippen LogP contribution in [0.15, 0.2) is 0 Å². The maximum Gasteiger partial charge on any atom is 0.309 e. The van der Waals surface area contributed by atoms with Crippen molar-refractivity contribution in [2.24, 2.45) is 5.92 Å². The highest BCUT2D eigenvalue weighted by atomic mass is 32.2. The second-order valence-electron chi connectivity index (χ2n) is 3.63. The normalized spacial score (nSPS) is 12.8. The molecular formula is C12H24O4S. The van der Waals surface area contributed by atoms with Gasteiger partial charge in [-0.1, -0.05) is 6.92 Å². The molecular weight excluding hydrogens is 240 g/mol. The fourth-order valence-electron chi connectivity index (χ4n) is 1.30. The molecule has 102 valence electrons. The number of ether oxygens (including phenoxy) is 3. The highest BCUT2D eigenvalue weighted by Gasteiger charge is 2.13. The number of thioether (sulfide) groups is 1. The van der Waals surface area contributed by atoms with E-state index in [4.69, 9.17) is 9.47 Å². The Kier molecular flexibility index (Phi) is 10.7. The molecule has 0 N–H and O–H groups in total. The van der Waals surface area contributed by atoms with Crippen molar-refractivity contribution in [1.29, 1.82) is 0 Å². The quantitative estimate of drug-likeness (QED) is 0.344. The molecule has 0 aromatic carbocycles. The predicted octanol–water partition coefficient (Wildman–Crippen LogP) is 2.32. The topological polar surface area (TPSA) is 44.8 Å². The van der Waals surface area contributed by atoms with E-state index in [0.29, 0.717) is 13.2 Å². The van der Waals surface area contributed by atoms with Gasteiger partial charge < -0.3 is 14.2 Å². The second kappa shape index (κ2) is 10.9. The molecule has 17 heavy (non-hydrogen) atoms. The third-order valence-corrected chi connectivity index (χ3v) is 3.43. The van der Waals surface area contributed by atoms with Gasteiger partial charge in [0.2, 0.25) is 0 Å². The Bertz CT molecular complexity index is 193. The van der Waals surface area contributed by atoms with E-state index >= 15 is 0 Å². The first-order chi connectivity index (χ1) is 8.15. The third-order valence-electron chi connectivity index (χ3n) is 2.17. The van der Waals surface area contributed by atoms with Crippen molar-refractivity contribution in [3.8, 4) is 0 Å². The average molecular weight is 264 g/mol. The molecule has 1 unspecified atom stereocenters. The fourth-order valence-corrected chi connectivity index (χ4v) is 2.31. The summed E-state index contributed by atoms with van der Waals surface area (Å²) in [7, 11) is 1.42. The van der Waals surface area contributed by atoms with Crippen LogP contribution in [0.25, 0.3) is 0 Å². The molecule has 0 aromatic rings. The molecule has 0 bridgehead atoms.